The first-order valence-corrected chi connectivity index (χ1v) is 10.8. The largest absolute Gasteiger partial charge is 0.461 e. The van der Waals surface area contributed by atoms with Gasteiger partial charge in [-0.3, -0.25) is 19.3 Å². The van der Waals surface area contributed by atoms with Crippen molar-refractivity contribution in [2.45, 2.75) is 58.9 Å². The molecule has 32 heavy (non-hydrogen) atoms. The molecule has 1 aromatic rings. The Kier molecular flexibility index (Phi) is 6.71. The molecule has 1 saturated carbocycles. The Hall–Kier alpha value is -3.17. The number of urea groups is 1. The lowest BCUT2D eigenvalue weighted by Gasteiger charge is -2.33. The molecule has 1 aliphatic heterocycles. The Morgan fingerprint density at radius 3 is 2.41 bits per heavy atom. The molecular formula is C22H29N3O7. The molecule has 1 aliphatic carbocycles. The number of ether oxygens (including phenoxy) is 2. The number of hydrogen-bond acceptors (Lipinski definition) is 7. The minimum absolute atomic E-state index is 0.172. The van der Waals surface area contributed by atoms with Crippen molar-refractivity contribution in [2.24, 2.45) is 5.92 Å². The molecule has 1 saturated heterocycles. The summed E-state index contributed by atoms with van der Waals surface area (Å²) >= 11 is 0. The fraction of sp³-hybridized carbons (Fsp3) is 0.591. The van der Waals surface area contributed by atoms with Crippen LogP contribution < -0.4 is 5.32 Å². The zero-order valence-electron chi connectivity index (χ0n) is 18.8. The number of carbonyl (C=O) groups is 5. The lowest BCUT2D eigenvalue weighted by molar-refractivity contribution is -0.147. The minimum Gasteiger partial charge on any atom is -0.461 e. The van der Waals surface area contributed by atoms with Crippen LogP contribution in [0.3, 0.4) is 0 Å². The van der Waals surface area contributed by atoms with Crippen molar-refractivity contribution in [3.63, 3.8) is 0 Å². The monoisotopic (exact) mass is 447 g/mol. The van der Waals surface area contributed by atoms with Crippen LogP contribution in [0.25, 0.3) is 0 Å². The number of nitrogens with zero attached hydrogens (tertiary/aromatic N) is 1. The van der Waals surface area contributed by atoms with Gasteiger partial charge in [0.25, 0.3) is 5.91 Å². The van der Waals surface area contributed by atoms with Gasteiger partial charge < -0.3 is 19.8 Å². The zero-order chi connectivity index (χ0) is 23.6. The molecule has 10 nitrogen and oxygen atoms in total. The predicted molar refractivity (Wildman–Crippen MR) is 112 cm³/mol. The number of carbonyl (C=O) groups excluding carboxylic acids is 5. The molecule has 0 atom stereocenters. The van der Waals surface area contributed by atoms with Crippen molar-refractivity contribution in [1.82, 2.24) is 15.2 Å². The molecule has 2 aliphatic rings. The van der Waals surface area contributed by atoms with Gasteiger partial charge in [-0.05, 0) is 57.9 Å². The Balaban J connectivity index is 1.60. The molecule has 2 heterocycles. The Bertz CT molecular complexity index is 957. The van der Waals surface area contributed by atoms with E-state index >= 15 is 0 Å². The van der Waals surface area contributed by atoms with Gasteiger partial charge in [0.1, 0.15) is 17.8 Å². The highest BCUT2D eigenvalue weighted by atomic mass is 16.5. The van der Waals surface area contributed by atoms with Gasteiger partial charge in [0.15, 0.2) is 6.61 Å². The SMILES string of the molecule is CCOC(=O)c1[nH]c(C)c(C(=O)COC(=O)CN2C(=O)NC3(CCC(C)CC3)C2=O)c1C. The summed E-state index contributed by atoms with van der Waals surface area (Å²) in [5.41, 5.74) is 0.332. The maximum atomic E-state index is 12.8. The van der Waals surface area contributed by atoms with Crippen molar-refractivity contribution >= 4 is 29.7 Å². The summed E-state index contributed by atoms with van der Waals surface area (Å²) < 4.78 is 10.0. The fourth-order valence-electron chi connectivity index (χ4n) is 4.38. The van der Waals surface area contributed by atoms with Crippen molar-refractivity contribution < 1.29 is 33.4 Å². The predicted octanol–water partition coefficient (Wildman–Crippen LogP) is 2.03. The first-order valence-electron chi connectivity index (χ1n) is 10.8. The third kappa shape index (κ3) is 4.39. The number of aryl methyl sites for hydroxylation is 1. The molecule has 1 spiro atoms. The molecule has 3 rings (SSSR count). The normalized spacial score (nSPS) is 22.8. The number of amides is 3. The van der Waals surface area contributed by atoms with Crippen LogP contribution in [0.2, 0.25) is 0 Å². The second-order valence-electron chi connectivity index (χ2n) is 8.52. The van der Waals surface area contributed by atoms with E-state index in [-0.39, 0.29) is 17.9 Å². The molecule has 2 fully saturated rings. The van der Waals surface area contributed by atoms with Gasteiger partial charge in [0.05, 0.1) is 6.61 Å². The first-order chi connectivity index (χ1) is 15.1. The maximum Gasteiger partial charge on any atom is 0.355 e. The van der Waals surface area contributed by atoms with Crippen LogP contribution >= 0.6 is 0 Å². The van der Waals surface area contributed by atoms with E-state index in [1.807, 2.05) is 0 Å². The molecule has 0 bridgehead atoms. The number of H-pyrrole nitrogens is 1. The summed E-state index contributed by atoms with van der Waals surface area (Å²) in [6.07, 6.45) is 2.72. The van der Waals surface area contributed by atoms with Crippen molar-refractivity contribution in [2.75, 3.05) is 19.8 Å². The second kappa shape index (κ2) is 9.13. The van der Waals surface area contributed by atoms with Crippen LogP contribution in [-0.4, -0.2) is 64.8 Å². The number of hydrogen-bond donors (Lipinski definition) is 2. The van der Waals surface area contributed by atoms with Crippen molar-refractivity contribution in [1.29, 1.82) is 0 Å². The average Bonchev–Trinajstić information content (AvgIpc) is 3.16. The molecule has 0 radical (unpaired) electrons. The molecule has 0 aromatic carbocycles. The molecule has 3 amide bonds. The van der Waals surface area contributed by atoms with Gasteiger partial charge in [-0.25, -0.2) is 9.59 Å². The average molecular weight is 447 g/mol. The van der Waals surface area contributed by atoms with E-state index in [1.54, 1.807) is 20.8 Å². The summed E-state index contributed by atoms with van der Waals surface area (Å²) in [7, 11) is 0. The molecule has 0 unspecified atom stereocenters. The van der Waals surface area contributed by atoms with E-state index in [2.05, 4.69) is 17.2 Å². The van der Waals surface area contributed by atoms with E-state index in [1.165, 1.54) is 0 Å². The van der Waals surface area contributed by atoms with Crippen LogP contribution in [0.5, 0.6) is 0 Å². The fourth-order valence-corrected chi connectivity index (χ4v) is 4.38. The van der Waals surface area contributed by atoms with E-state index in [4.69, 9.17) is 9.47 Å². The summed E-state index contributed by atoms with van der Waals surface area (Å²) in [6.45, 7) is 6.06. The van der Waals surface area contributed by atoms with Crippen molar-refractivity contribution in [3.05, 3.63) is 22.5 Å². The third-order valence-corrected chi connectivity index (χ3v) is 6.22. The van der Waals surface area contributed by atoms with Crippen LogP contribution in [0.4, 0.5) is 4.79 Å². The lowest BCUT2D eigenvalue weighted by atomic mass is 9.77. The van der Waals surface area contributed by atoms with E-state index in [0.29, 0.717) is 30.0 Å². The van der Waals surface area contributed by atoms with Crippen LogP contribution in [-0.2, 0) is 19.1 Å². The Morgan fingerprint density at radius 2 is 1.78 bits per heavy atom. The maximum absolute atomic E-state index is 12.8. The van der Waals surface area contributed by atoms with Gasteiger partial charge in [-0.2, -0.15) is 0 Å². The quantitative estimate of drug-likeness (QED) is 0.371. The van der Waals surface area contributed by atoms with Crippen LogP contribution in [0.15, 0.2) is 0 Å². The highest BCUT2D eigenvalue weighted by Gasteiger charge is 2.52. The minimum atomic E-state index is -0.942. The van der Waals surface area contributed by atoms with Gasteiger partial charge in [0.2, 0.25) is 5.78 Å². The standard InChI is InChI=1S/C22H29N3O7/c1-5-31-19(28)18-13(3)17(14(4)23-18)15(26)11-32-16(27)10-25-20(29)22(24-21(25)30)8-6-12(2)7-9-22/h12,23H,5-11H2,1-4H3,(H,24,30). The van der Waals surface area contributed by atoms with Gasteiger partial charge >= 0.3 is 18.0 Å². The number of imide groups is 1. The molecule has 2 N–H and O–H groups in total. The van der Waals surface area contributed by atoms with E-state index in [9.17, 15) is 24.0 Å². The number of esters is 2. The number of Topliss-reactive ketones (excluding diaryl/α,β-unsaturated/α-hetero) is 1. The molecule has 1 aromatic heterocycles. The first kappa shape index (κ1) is 23.5. The summed E-state index contributed by atoms with van der Waals surface area (Å²) in [5.74, 6) is -1.88. The third-order valence-electron chi connectivity index (χ3n) is 6.22. The highest BCUT2D eigenvalue weighted by molar-refractivity contribution is 6.09. The summed E-state index contributed by atoms with van der Waals surface area (Å²) in [6, 6.07) is -0.621. The lowest BCUT2D eigenvalue weighted by Crippen LogP contribution is -2.49. The number of rotatable bonds is 7. The smallest absolute Gasteiger partial charge is 0.355 e. The summed E-state index contributed by atoms with van der Waals surface area (Å²) in [4.78, 5) is 65.7. The van der Waals surface area contributed by atoms with Crippen LogP contribution in [0.1, 0.15) is 71.6 Å². The van der Waals surface area contributed by atoms with E-state index in [0.717, 1.165) is 17.7 Å². The van der Waals surface area contributed by atoms with Gasteiger partial charge in [-0.1, -0.05) is 6.92 Å². The second-order valence-corrected chi connectivity index (χ2v) is 8.52. The Labute approximate surface area is 186 Å². The van der Waals surface area contributed by atoms with Crippen LogP contribution in [0, 0.1) is 19.8 Å². The molecular weight excluding hydrogens is 418 g/mol. The number of aromatic amines is 1. The zero-order valence-corrected chi connectivity index (χ0v) is 18.8. The number of ketones is 1. The van der Waals surface area contributed by atoms with Gasteiger partial charge in [0, 0.05) is 11.3 Å². The van der Waals surface area contributed by atoms with Gasteiger partial charge in [-0.15, -0.1) is 0 Å². The number of aromatic nitrogens is 1. The Morgan fingerprint density at radius 1 is 1.12 bits per heavy atom. The molecule has 174 valence electrons. The highest BCUT2D eigenvalue weighted by Crippen LogP contribution is 2.36. The number of nitrogens with one attached hydrogen (secondary N) is 2. The van der Waals surface area contributed by atoms with Crippen molar-refractivity contribution in [3.8, 4) is 0 Å². The topological polar surface area (TPSA) is 135 Å². The van der Waals surface area contributed by atoms with E-state index < -0.39 is 48.4 Å². The summed E-state index contributed by atoms with van der Waals surface area (Å²) in [5, 5.41) is 2.74. The molecule has 10 heteroatoms.